The molecule has 6 nitrogen and oxygen atoms in total. The van der Waals surface area contributed by atoms with Crippen LogP contribution in [0.5, 0.6) is 0 Å². The number of hydrogen-bond acceptors (Lipinski definition) is 3. The van der Waals surface area contributed by atoms with Crippen LogP contribution in [0.2, 0.25) is 0 Å². The van der Waals surface area contributed by atoms with Gasteiger partial charge in [0, 0.05) is 34.7 Å². The van der Waals surface area contributed by atoms with Crippen LogP contribution in [-0.2, 0) is 9.59 Å². The third kappa shape index (κ3) is 2.21. The van der Waals surface area contributed by atoms with Crippen LogP contribution in [0.4, 0.5) is 0 Å². The van der Waals surface area contributed by atoms with Crippen molar-refractivity contribution in [2.24, 2.45) is 28.7 Å². The summed E-state index contributed by atoms with van der Waals surface area (Å²) in [6.45, 7) is 0.834. The summed E-state index contributed by atoms with van der Waals surface area (Å²) in [5, 5.41) is 0. The molecule has 120 valence electrons. The molecular formula is C16H24N4O2. The van der Waals surface area contributed by atoms with Gasteiger partial charge in [-0.15, -0.1) is 0 Å². The number of rotatable bonds is 3. The highest BCUT2D eigenvalue weighted by Crippen LogP contribution is 2.52. The Morgan fingerprint density at radius 3 is 2.05 bits per heavy atom. The molecule has 4 atom stereocenters. The van der Waals surface area contributed by atoms with E-state index in [1.165, 1.54) is 4.90 Å². The number of likely N-dealkylation sites (tertiary alicyclic amines) is 1. The van der Waals surface area contributed by atoms with Crippen molar-refractivity contribution in [3.63, 3.8) is 0 Å². The number of nitrogens with zero attached hydrogens (tertiary/aromatic N) is 4. The molecule has 22 heavy (non-hydrogen) atoms. The van der Waals surface area contributed by atoms with Gasteiger partial charge in [0.05, 0.1) is 18.4 Å². The molecule has 1 heterocycles. The number of hydrogen-bond donors (Lipinski definition) is 0. The van der Waals surface area contributed by atoms with Crippen molar-refractivity contribution in [2.75, 3.05) is 41.3 Å². The summed E-state index contributed by atoms with van der Waals surface area (Å²) in [5.74, 6) is 1.21. The monoisotopic (exact) mass is 304 g/mol. The van der Waals surface area contributed by atoms with Crippen molar-refractivity contribution >= 4 is 17.8 Å². The maximum absolute atomic E-state index is 12.5. The first-order chi connectivity index (χ1) is 10.4. The predicted octanol–water partition coefficient (Wildman–Crippen LogP) is 0.273. The van der Waals surface area contributed by atoms with Crippen molar-refractivity contribution in [3.05, 3.63) is 12.2 Å². The summed E-state index contributed by atoms with van der Waals surface area (Å²) < 4.78 is 0. The Balaban J connectivity index is 1.66. The van der Waals surface area contributed by atoms with Crippen LogP contribution in [0.25, 0.3) is 0 Å². The van der Waals surface area contributed by atoms with Crippen LogP contribution in [0.15, 0.2) is 17.1 Å². The summed E-state index contributed by atoms with van der Waals surface area (Å²) in [4.78, 5) is 34.9. The van der Waals surface area contributed by atoms with Gasteiger partial charge in [-0.1, -0.05) is 12.2 Å². The minimum atomic E-state index is -0.103. The van der Waals surface area contributed by atoms with E-state index in [-0.39, 0.29) is 35.5 Å². The summed E-state index contributed by atoms with van der Waals surface area (Å²) in [7, 11) is 7.72. The molecule has 0 aromatic heterocycles. The zero-order chi connectivity index (χ0) is 16.0. The number of allylic oxidation sites excluding steroid dienone is 2. The molecule has 2 bridgehead atoms. The van der Waals surface area contributed by atoms with Crippen molar-refractivity contribution in [1.29, 1.82) is 0 Å². The van der Waals surface area contributed by atoms with Crippen LogP contribution in [0.3, 0.4) is 0 Å². The molecule has 2 aliphatic carbocycles. The molecule has 1 saturated carbocycles. The lowest BCUT2D eigenvalue weighted by Gasteiger charge is -2.23. The number of amides is 2. The maximum Gasteiger partial charge on any atom is 0.233 e. The standard InChI is InChI=1S/C16H24N4O2/c1-18(2)16(19(3)4)17-7-8-20-14(21)12-10-5-6-11(9-10)13(12)15(20)22/h5-6,10-13H,7-9H2,1-4H3. The molecule has 2 amide bonds. The van der Waals surface area contributed by atoms with Gasteiger partial charge in [-0.25, -0.2) is 0 Å². The molecule has 0 spiro atoms. The molecule has 3 aliphatic rings. The van der Waals surface area contributed by atoms with Gasteiger partial charge >= 0.3 is 0 Å². The third-order valence-electron chi connectivity index (χ3n) is 4.94. The molecule has 0 radical (unpaired) electrons. The van der Waals surface area contributed by atoms with Crippen LogP contribution < -0.4 is 0 Å². The first-order valence-electron chi connectivity index (χ1n) is 7.84. The SMILES string of the molecule is CN(C)C(=NCCN1C(=O)C2C3C=CC(C3)C2C1=O)N(C)C. The van der Waals surface area contributed by atoms with E-state index in [4.69, 9.17) is 0 Å². The fourth-order valence-corrected chi connectivity index (χ4v) is 4.12. The number of aliphatic imine (C=N–C) groups is 1. The van der Waals surface area contributed by atoms with Crippen molar-refractivity contribution in [2.45, 2.75) is 6.42 Å². The van der Waals surface area contributed by atoms with Gasteiger partial charge in [-0.2, -0.15) is 0 Å². The Morgan fingerprint density at radius 1 is 1.09 bits per heavy atom. The lowest BCUT2D eigenvalue weighted by atomic mass is 9.85. The summed E-state index contributed by atoms with van der Waals surface area (Å²) in [6, 6.07) is 0. The molecule has 0 N–H and O–H groups in total. The molecule has 6 heteroatoms. The number of guanidine groups is 1. The molecule has 1 saturated heterocycles. The zero-order valence-electron chi connectivity index (χ0n) is 13.7. The van der Waals surface area contributed by atoms with E-state index >= 15 is 0 Å². The lowest BCUT2D eigenvalue weighted by molar-refractivity contribution is -0.140. The van der Waals surface area contributed by atoms with E-state index in [2.05, 4.69) is 17.1 Å². The fraction of sp³-hybridized carbons (Fsp3) is 0.688. The molecule has 2 fully saturated rings. The smallest absolute Gasteiger partial charge is 0.233 e. The maximum atomic E-state index is 12.5. The summed E-state index contributed by atoms with van der Waals surface area (Å²) >= 11 is 0. The van der Waals surface area contributed by atoms with E-state index in [1.807, 2.05) is 38.0 Å². The topological polar surface area (TPSA) is 56.2 Å². The minimum Gasteiger partial charge on any atom is -0.349 e. The van der Waals surface area contributed by atoms with Crippen LogP contribution >= 0.6 is 0 Å². The predicted molar refractivity (Wildman–Crippen MR) is 84.1 cm³/mol. The van der Waals surface area contributed by atoms with E-state index in [1.54, 1.807) is 0 Å². The highest BCUT2D eigenvalue weighted by atomic mass is 16.2. The second kappa shape index (κ2) is 5.41. The zero-order valence-corrected chi connectivity index (χ0v) is 13.7. The Hall–Kier alpha value is -1.85. The van der Waals surface area contributed by atoms with Crippen molar-refractivity contribution in [1.82, 2.24) is 14.7 Å². The quantitative estimate of drug-likeness (QED) is 0.325. The molecule has 0 aromatic carbocycles. The van der Waals surface area contributed by atoms with Gasteiger partial charge in [0.25, 0.3) is 0 Å². The second-order valence-electron chi connectivity index (χ2n) is 6.80. The number of imide groups is 1. The third-order valence-corrected chi connectivity index (χ3v) is 4.94. The molecule has 0 aromatic rings. The number of fused-ring (bicyclic) bond motifs is 5. The molecule has 1 aliphatic heterocycles. The van der Waals surface area contributed by atoms with E-state index < -0.39 is 0 Å². The van der Waals surface area contributed by atoms with Gasteiger partial charge in [-0.05, 0) is 18.3 Å². The van der Waals surface area contributed by atoms with E-state index in [0.717, 1.165) is 12.4 Å². The van der Waals surface area contributed by atoms with Gasteiger partial charge in [-0.3, -0.25) is 19.5 Å². The Bertz CT molecular complexity index is 512. The lowest BCUT2D eigenvalue weighted by Crippen LogP contribution is -2.38. The van der Waals surface area contributed by atoms with E-state index in [9.17, 15) is 9.59 Å². The van der Waals surface area contributed by atoms with Crippen LogP contribution in [0, 0.1) is 23.7 Å². The largest absolute Gasteiger partial charge is 0.349 e. The van der Waals surface area contributed by atoms with E-state index in [0.29, 0.717) is 13.1 Å². The van der Waals surface area contributed by atoms with Crippen molar-refractivity contribution in [3.8, 4) is 0 Å². The number of carbonyl (C=O) groups is 2. The summed E-state index contributed by atoms with van der Waals surface area (Å²) in [6.07, 6.45) is 5.22. The fourth-order valence-electron chi connectivity index (χ4n) is 4.12. The van der Waals surface area contributed by atoms with Crippen LogP contribution in [-0.4, -0.2) is 73.8 Å². The highest BCUT2D eigenvalue weighted by molar-refractivity contribution is 6.06. The van der Waals surface area contributed by atoms with Gasteiger partial charge in [0.15, 0.2) is 5.96 Å². The van der Waals surface area contributed by atoms with Gasteiger partial charge < -0.3 is 9.80 Å². The molecule has 3 rings (SSSR count). The number of carbonyl (C=O) groups excluding carboxylic acids is 2. The van der Waals surface area contributed by atoms with Crippen molar-refractivity contribution < 1.29 is 9.59 Å². The molecular weight excluding hydrogens is 280 g/mol. The Labute approximate surface area is 131 Å². The minimum absolute atomic E-state index is 0.0123. The first-order valence-corrected chi connectivity index (χ1v) is 7.84. The highest BCUT2D eigenvalue weighted by Gasteiger charge is 2.58. The normalized spacial score (nSPS) is 31.7. The Kier molecular flexibility index (Phi) is 3.70. The average molecular weight is 304 g/mol. The average Bonchev–Trinajstić information content (AvgIpc) is 3.10. The first kappa shape index (κ1) is 15.1. The Morgan fingerprint density at radius 2 is 1.59 bits per heavy atom. The van der Waals surface area contributed by atoms with Gasteiger partial charge in [0.2, 0.25) is 11.8 Å². The molecule has 4 unspecified atom stereocenters. The summed E-state index contributed by atoms with van der Waals surface area (Å²) in [5.41, 5.74) is 0. The van der Waals surface area contributed by atoms with Crippen LogP contribution in [0.1, 0.15) is 6.42 Å². The second-order valence-corrected chi connectivity index (χ2v) is 6.80. The van der Waals surface area contributed by atoms with Gasteiger partial charge in [0.1, 0.15) is 0 Å².